The van der Waals surface area contributed by atoms with Gasteiger partial charge in [0.05, 0.1) is 23.6 Å². The molecule has 2 aromatic carbocycles. The quantitative estimate of drug-likeness (QED) is 0.265. The smallest absolute Gasteiger partial charge is 0.410 e. The van der Waals surface area contributed by atoms with Crippen molar-refractivity contribution in [3.8, 4) is 17.0 Å². The fourth-order valence-electron chi connectivity index (χ4n) is 3.01. The molecule has 0 radical (unpaired) electrons. The van der Waals surface area contributed by atoms with Gasteiger partial charge in [-0.3, -0.25) is 20.3 Å². The van der Waals surface area contributed by atoms with E-state index in [1.54, 1.807) is 32.0 Å². The Morgan fingerprint density at radius 1 is 1.09 bits per heavy atom. The highest BCUT2D eigenvalue weighted by Gasteiger charge is 2.13. The minimum absolute atomic E-state index is 0.0870. The van der Waals surface area contributed by atoms with E-state index < -0.39 is 17.0 Å². The van der Waals surface area contributed by atoms with E-state index in [1.165, 1.54) is 18.2 Å². The lowest BCUT2D eigenvalue weighted by molar-refractivity contribution is -0.384. The summed E-state index contributed by atoms with van der Waals surface area (Å²) < 4.78 is 5.26. The van der Waals surface area contributed by atoms with Crippen molar-refractivity contribution < 1.29 is 29.0 Å². The second-order valence-corrected chi connectivity index (χ2v) is 7.19. The molecule has 0 aliphatic rings. The number of ether oxygens (including phenoxy) is 1. The number of carbonyl (C=O) groups is 2. The predicted molar refractivity (Wildman–Crippen MR) is 123 cm³/mol. The van der Waals surface area contributed by atoms with Crippen LogP contribution < -0.4 is 10.1 Å². The van der Waals surface area contributed by atoms with Crippen molar-refractivity contribution in [1.82, 2.24) is 4.98 Å². The number of hydrogen-bond acceptors (Lipinski definition) is 8. The lowest BCUT2D eigenvalue weighted by Crippen LogP contribution is -2.18. The molecule has 0 spiro atoms. The molecule has 176 valence electrons. The monoisotopic (exact) mass is 465 g/mol. The number of nitrogens with zero attached hydrogens (tertiary/aromatic N) is 2. The standard InChI is InChI=1S/C24H23N3O7/c1-3-32-34-23(28)14-9-17-7-10-18(11-8-17)20-5-4-6-22(25-20)26-24(29)33-21-13-12-19(27(30)31)15-16(21)2/h4-8,10-13,15H,3,9,14H2,1-2H3,(H,25,26,29). The topological polar surface area (TPSA) is 130 Å². The Labute approximate surface area is 195 Å². The van der Waals surface area contributed by atoms with E-state index in [0.717, 1.165) is 11.1 Å². The molecule has 1 aromatic heterocycles. The third kappa shape index (κ3) is 6.84. The van der Waals surface area contributed by atoms with Crippen molar-refractivity contribution in [2.45, 2.75) is 26.7 Å². The zero-order valence-electron chi connectivity index (χ0n) is 18.6. The van der Waals surface area contributed by atoms with E-state index >= 15 is 0 Å². The van der Waals surface area contributed by atoms with Gasteiger partial charge in [0.15, 0.2) is 0 Å². The third-order valence-corrected chi connectivity index (χ3v) is 4.69. The van der Waals surface area contributed by atoms with Gasteiger partial charge in [0.25, 0.3) is 5.69 Å². The average Bonchev–Trinajstić information content (AvgIpc) is 2.83. The van der Waals surface area contributed by atoms with Crippen molar-refractivity contribution in [3.05, 3.63) is 81.9 Å². The molecule has 10 nitrogen and oxygen atoms in total. The second-order valence-electron chi connectivity index (χ2n) is 7.19. The number of anilines is 1. The van der Waals surface area contributed by atoms with Crippen molar-refractivity contribution in [2.75, 3.05) is 11.9 Å². The third-order valence-electron chi connectivity index (χ3n) is 4.69. The number of nitro benzene ring substituents is 1. The summed E-state index contributed by atoms with van der Waals surface area (Å²) in [5.41, 5.74) is 2.78. The van der Waals surface area contributed by atoms with Gasteiger partial charge in [-0.25, -0.2) is 14.6 Å². The molecule has 0 aliphatic heterocycles. The first-order valence-electron chi connectivity index (χ1n) is 10.5. The maximum absolute atomic E-state index is 12.3. The normalized spacial score (nSPS) is 10.4. The highest BCUT2D eigenvalue weighted by atomic mass is 17.2. The number of rotatable bonds is 9. The maximum Gasteiger partial charge on any atom is 0.418 e. The average molecular weight is 465 g/mol. The minimum Gasteiger partial charge on any atom is -0.410 e. The van der Waals surface area contributed by atoms with Crippen molar-refractivity contribution in [1.29, 1.82) is 0 Å². The van der Waals surface area contributed by atoms with Gasteiger partial charge in [0.1, 0.15) is 11.6 Å². The van der Waals surface area contributed by atoms with Crippen LogP contribution in [0.5, 0.6) is 5.75 Å². The first-order chi connectivity index (χ1) is 16.4. The molecule has 0 fully saturated rings. The van der Waals surface area contributed by atoms with E-state index in [2.05, 4.69) is 20.1 Å². The van der Waals surface area contributed by atoms with Crippen LogP contribution in [-0.2, 0) is 21.0 Å². The number of aromatic nitrogens is 1. The van der Waals surface area contributed by atoms with Gasteiger partial charge >= 0.3 is 12.1 Å². The van der Waals surface area contributed by atoms with E-state index in [1.807, 2.05) is 24.3 Å². The molecule has 0 aliphatic carbocycles. The van der Waals surface area contributed by atoms with Crippen LogP contribution in [0.25, 0.3) is 11.3 Å². The number of nitrogens with one attached hydrogen (secondary N) is 1. The number of amides is 1. The van der Waals surface area contributed by atoms with Crippen LogP contribution in [0.3, 0.4) is 0 Å². The molecule has 1 N–H and O–H groups in total. The van der Waals surface area contributed by atoms with Gasteiger partial charge in [0.2, 0.25) is 0 Å². The van der Waals surface area contributed by atoms with E-state index in [0.29, 0.717) is 24.3 Å². The number of non-ortho nitro benzene ring substituents is 1. The van der Waals surface area contributed by atoms with Crippen molar-refractivity contribution >= 4 is 23.6 Å². The predicted octanol–water partition coefficient (Wildman–Crippen LogP) is 5.00. The molecule has 0 saturated carbocycles. The molecule has 0 saturated heterocycles. The molecule has 0 atom stereocenters. The van der Waals surface area contributed by atoms with Gasteiger partial charge in [-0.2, -0.15) is 4.89 Å². The van der Waals surface area contributed by atoms with Crippen LogP contribution in [0.4, 0.5) is 16.3 Å². The van der Waals surface area contributed by atoms with Crippen LogP contribution in [0, 0.1) is 17.0 Å². The molecular formula is C24H23N3O7. The van der Waals surface area contributed by atoms with Gasteiger partial charge in [-0.15, -0.1) is 0 Å². The molecule has 34 heavy (non-hydrogen) atoms. The van der Waals surface area contributed by atoms with E-state index in [4.69, 9.17) is 4.74 Å². The Morgan fingerprint density at radius 2 is 1.85 bits per heavy atom. The van der Waals surface area contributed by atoms with Gasteiger partial charge < -0.3 is 4.74 Å². The SMILES string of the molecule is CCOOC(=O)CCc1ccc(-c2cccc(NC(=O)Oc3ccc([N+](=O)[O-])cc3C)n2)cc1. The van der Waals surface area contributed by atoms with Gasteiger partial charge in [0, 0.05) is 17.7 Å². The van der Waals surface area contributed by atoms with Crippen molar-refractivity contribution in [2.24, 2.45) is 0 Å². The first-order valence-corrected chi connectivity index (χ1v) is 10.5. The van der Waals surface area contributed by atoms with Crippen LogP contribution in [0.2, 0.25) is 0 Å². The highest BCUT2D eigenvalue weighted by Crippen LogP contribution is 2.24. The maximum atomic E-state index is 12.3. The molecule has 1 amide bonds. The van der Waals surface area contributed by atoms with Gasteiger partial charge in [-0.05, 0) is 49.6 Å². The molecule has 3 aromatic rings. The summed E-state index contributed by atoms with van der Waals surface area (Å²) in [6.07, 6.45) is -0.0569. The number of pyridine rings is 1. The van der Waals surface area contributed by atoms with Crippen LogP contribution in [0.1, 0.15) is 24.5 Å². The Kier molecular flexibility index (Phi) is 8.25. The molecule has 10 heteroatoms. The lowest BCUT2D eigenvalue weighted by atomic mass is 10.1. The molecule has 0 bridgehead atoms. The minimum atomic E-state index is -0.768. The fourth-order valence-corrected chi connectivity index (χ4v) is 3.01. The summed E-state index contributed by atoms with van der Waals surface area (Å²) in [6.45, 7) is 3.64. The van der Waals surface area contributed by atoms with Crippen LogP contribution in [0.15, 0.2) is 60.7 Å². The number of benzene rings is 2. The Balaban J connectivity index is 1.60. The summed E-state index contributed by atoms with van der Waals surface area (Å²) >= 11 is 0. The number of aryl methyl sites for hydroxylation is 2. The molecule has 1 heterocycles. The number of nitro groups is 1. The fraction of sp³-hybridized carbons (Fsp3) is 0.208. The molecule has 3 rings (SSSR count). The molecular weight excluding hydrogens is 442 g/mol. The Bertz CT molecular complexity index is 1180. The number of carbonyl (C=O) groups excluding carboxylic acids is 2. The largest absolute Gasteiger partial charge is 0.418 e. The van der Waals surface area contributed by atoms with Crippen molar-refractivity contribution in [3.63, 3.8) is 0 Å². The van der Waals surface area contributed by atoms with E-state index in [9.17, 15) is 19.7 Å². The number of hydrogen-bond donors (Lipinski definition) is 1. The summed E-state index contributed by atoms with van der Waals surface area (Å²) in [4.78, 5) is 47.8. The molecule has 0 unspecified atom stereocenters. The summed E-state index contributed by atoms with van der Waals surface area (Å²) in [5, 5.41) is 13.4. The van der Waals surface area contributed by atoms with Crippen LogP contribution >= 0.6 is 0 Å². The van der Waals surface area contributed by atoms with E-state index in [-0.39, 0.29) is 23.7 Å². The summed E-state index contributed by atoms with van der Waals surface area (Å²) in [6, 6.07) is 16.6. The lowest BCUT2D eigenvalue weighted by Gasteiger charge is -2.09. The van der Waals surface area contributed by atoms with Crippen LogP contribution in [-0.4, -0.2) is 28.6 Å². The zero-order chi connectivity index (χ0) is 24.5. The Morgan fingerprint density at radius 3 is 2.53 bits per heavy atom. The second kappa shape index (κ2) is 11.5. The van der Waals surface area contributed by atoms with Gasteiger partial charge in [-0.1, -0.05) is 30.3 Å². The Hall–Kier alpha value is -4.31. The highest BCUT2D eigenvalue weighted by molar-refractivity contribution is 5.85. The summed E-state index contributed by atoms with van der Waals surface area (Å²) in [5.74, 6) is 0.0620. The first kappa shape index (κ1) is 24.3. The zero-order valence-corrected chi connectivity index (χ0v) is 18.6. The summed E-state index contributed by atoms with van der Waals surface area (Å²) in [7, 11) is 0.